The van der Waals surface area contributed by atoms with Gasteiger partial charge in [-0.3, -0.25) is 0 Å². The molecule has 0 aromatic heterocycles. The molecule has 140 valence electrons. The minimum Gasteiger partial charge on any atom is -0.504 e. The van der Waals surface area contributed by atoms with E-state index in [9.17, 15) is 5.11 Å². The topological polar surface area (TPSA) is 38.7 Å². The van der Waals surface area contributed by atoms with Crippen molar-refractivity contribution in [2.24, 2.45) is 28.6 Å². The van der Waals surface area contributed by atoms with Gasteiger partial charge in [0.1, 0.15) is 5.75 Å². The molecule has 2 aliphatic carbocycles. The quantitative estimate of drug-likeness (QED) is 0.764. The van der Waals surface area contributed by atoms with Gasteiger partial charge in [-0.05, 0) is 60.5 Å². The molecule has 3 nitrogen and oxygen atoms in total. The summed E-state index contributed by atoms with van der Waals surface area (Å²) >= 11 is 0. The van der Waals surface area contributed by atoms with Crippen molar-refractivity contribution in [2.45, 2.75) is 59.8 Å². The van der Waals surface area contributed by atoms with Crippen LogP contribution in [-0.4, -0.2) is 18.8 Å². The zero-order chi connectivity index (χ0) is 18.2. The number of aromatic hydroxyl groups is 1. The van der Waals surface area contributed by atoms with Crippen molar-refractivity contribution in [3.63, 3.8) is 0 Å². The molecule has 0 saturated heterocycles. The van der Waals surface area contributed by atoms with E-state index in [-0.39, 0.29) is 5.75 Å². The molecule has 3 rings (SSSR count). The molecule has 2 aliphatic rings. The van der Waals surface area contributed by atoms with Gasteiger partial charge in [0.25, 0.3) is 0 Å². The molecule has 1 N–H and O–H groups in total. The van der Waals surface area contributed by atoms with E-state index in [1.807, 2.05) is 12.1 Å². The second-order valence-corrected chi connectivity index (χ2v) is 9.21. The van der Waals surface area contributed by atoms with Crippen LogP contribution in [0.25, 0.3) is 0 Å². The van der Waals surface area contributed by atoms with Gasteiger partial charge in [0.2, 0.25) is 0 Å². The molecule has 1 aromatic carbocycles. The highest BCUT2D eigenvalue weighted by molar-refractivity contribution is 5.44. The number of rotatable bonds is 4. The van der Waals surface area contributed by atoms with Gasteiger partial charge in [0.05, 0.1) is 13.7 Å². The van der Waals surface area contributed by atoms with E-state index in [2.05, 4.69) is 27.7 Å². The van der Waals surface area contributed by atoms with Crippen LogP contribution in [0.2, 0.25) is 0 Å². The maximum absolute atomic E-state index is 10.2. The Labute approximate surface area is 152 Å². The zero-order valence-electron chi connectivity index (χ0n) is 16.5. The SMILES string of the molecule is COc1ccc(OCC2C(C)CCC3C(C)(C)CCCC23C)c(O)c1. The molecule has 0 spiro atoms. The maximum atomic E-state index is 10.2. The first-order valence-electron chi connectivity index (χ1n) is 9.78. The van der Waals surface area contributed by atoms with Gasteiger partial charge in [0, 0.05) is 12.0 Å². The predicted molar refractivity (Wildman–Crippen MR) is 101 cm³/mol. The Morgan fingerprint density at radius 1 is 1.16 bits per heavy atom. The van der Waals surface area contributed by atoms with Crippen LogP contribution in [0, 0.1) is 28.6 Å². The lowest BCUT2D eigenvalue weighted by Gasteiger charge is -2.59. The van der Waals surface area contributed by atoms with E-state index >= 15 is 0 Å². The molecule has 0 radical (unpaired) electrons. The van der Waals surface area contributed by atoms with Crippen LogP contribution in [-0.2, 0) is 0 Å². The minimum absolute atomic E-state index is 0.161. The monoisotopic (exact) mass is 346 g/mol. The van der Waals surface area contributed by atoms with Crippen molar-refractivity contribution in [1.29, 1.82) is 0 Å². The molecule has 2 saturated carbocycles. The van der Waals surface area contributed by atoms with Crippen molar-refractivity contribution in [3.8, 4) is 17.2 Å². The lowest BCUT2D eigenvalue weighted by Crippen LogP contribution is -2.52. The second-order valence-electron chi connectivity index (χ2n) is 9.21. The molecule has 25 heavy (non-hydrogen) atoms. The fourth-order valence-electron chi connectivity index (χ4n) is 5.89. The Kier molecular flexibility index (Phi) is 4.96. The first kappa shape index (κ1) is 18.4. The van der Waals surface area contributed by atoms with Crippen molar-refractivity contribution in [3.05, 3.63) is 18.2 Å². The van der Waals surface area contributed by atoms with E-state index in [4.69, 9.17) is 9.47 Å². The summed E-state index contributed by atoms with van der Waals surface area (Å²) in [4.78, 5) is 0. The van der Waals surface area contributed by atoms with Gasteiger partial charge in [-0.15, -0.1) is 0 Å². The molecule has 2 fully saturated rings. The number of phenols is 1. The highest BCUT2D eigenvalue weighted by Crippen LogP contribution is 2.61. The highest BCUT2D eigenvalue weighted by Gasteiger charge is 2.53. The molecule has 4 atom stereocenters. The third kappa shape index (κ3) is 3.35. The molecule has 0 bridgehead atoms. The first-order chi connectivity index (χ1) is 11.8. The molecule has 3 heteroatoms. The Morgan fingerprint density at radius 2 is 1.92 bits per heavy atom. The summed E-state index contributed by atoms with van der Waals surface area (Å²) in [7, 11) is 1.60. The number of fused-ring (bicyclic) bond motifs is 1. The zero-order valence-corrected chi connectivity index (χ0v) is 16.5. The number of ether oxygens (including phenoxy) is 2. The third-order valence-corrected chi connectivity index (χ3v) is 7.31. The average Bonchev–Trinajstić information content (AvgIpc) is 2.54. The molecule has 1 aromatic rings. The summed E-state index contributed by atoms with van der Waals surface area (Å²) in [5, 5.41) is 10.2. The van der Waals surface area contributed by atoms with Crippen LogP contribution < -0.4 is 9.47 Å². The van der Waals surface area contributed by atoms with E-state index in [1.165, 1.54) is 32.1 Å². The molecule has 0 aliphatic heterocycles. The Hall–Kier alpha value is -1.38. The minimum atomic E-state index is 0.161. The molecule has 0 heterocycles. The number of hydrogen-bond donors (Lipinski definition) is 1. The average molecular weight is 347 g/mol. The summed E-state index contributed by atoms with van der Waals surface area (Å²) in [5.41, 5.74) is 0.759. The number of benzene rings is 1. The third-order valence-electron chi connectivity index (χ3n) is 7.31. The summed E-state index contributed by atoms with van der Waals surface area (Å²) in [5.74, 6) is 3.34. The van der Waals surface area contributed by atoms with E-state index < -0.39 is 0 Å². The van der Waals surface area contributed by atoms with Gasteiger partial charge in [-0.25, -0.2) is 0 Å². The van der Waals surface area contributed by atoms with Gasteiger partial charge in [-0.2, -0.15) is 0 Å². The Morgan fingerprint density at radius 3 is 2.60 bits per heavy atom. The summed E-state index contributed by atoms with van der Waals surface area (Å²) in [6.07, 6.45) is 6.58. The summed E-state index contributed by atoms with van der Waals surface area (Å²) in [6.45, 7) is 10.5. The Balaban J connectivity index is 1.78. The van der Waals surface area contributed by atoms with Crippen LogP contribution in [0.4, 0.5) is 0 Å². The molecule has 0 amide bonds. The van der Waals surface area contributed by atoms with Crippen LogP contribution in [0.3, 0.4) is 0 Å². The van der Waals surface area contributed by atoms with Crippen molar-refractivity contribution >= 4 is 0 Å². The van der Waals surface area contributed by atoms with Gasteiger partial charge < -0.3 is 14.6 Å². The van der Waals surface area contributed by atoms with E-state index in [0.717, 1.165) is 5.92 Å². The smallest absolute Gasteiger partial charge is 0.161 e. The lowest BCUT2D eigenvalue weighted by atomic mass is 9.47. The normalized spacial score (nSPS) is 34.2. The second kappa shape index (κ2) is 6.74. The lowest BCUT2D eigenvalue weighted by molar-refractivity contribution is -0.105. The standard InChI is InChI=1S/C22H34O3/c1-15-7-10-20-21(2,3)11-6-12-22(20,4)17(15)14-25-19-9-8-16(24-5)13-18(19)23/h8-9,13,15,17,20,23H,6-7,10-12,14H2,1-5H3. The van der Waals surface area contributed by atoms with Gasteiger partial charge in [0.15, 0.2) is 11.5 Å². The van der Waals surface area contributed by atoms with Crippen molar-refractivity contribution < 1.29 is 14.6 Å². The van der Waals surface area contributed by atoms with Crippen molar-refractivity contribution in [2.75, 3.05) is 13.7 Å². The number of methoxy groups -OCH3 is 1. The highest BCUT2D eigenvalue weighted by atomic mass is 16.5. The molecule has 4 unspecified atom stereocenters. The predicted octanol–water partition coefficient (Wildman–Crippen LogP) is 5.66. The fourth-order valence-corrected chi connectivity index (χ4v) is 5.89. The fraction of sp³-hybridized carbons (Fsp3) is 0.727. The van der Waals surface area contributed by atoms with Gasteiger partial charge in [-0.1, -0.05) is 34.1 Å². The van der Waals surface area contributed by atoms with Crippen LogP contribution in [0.15, 0.2) is 18.2 Å². The number of phenolic OH excluding ortho intramolecular Hbond substituents is 1. The van der Waals surface area contributed by atoms with E-state index in [0.29, 0.717) is 40.8 Å². The molecular formula is C22H34O3. The van der Waals surface area contributed by atoms with E-state index in [1.54, 1.807) is 13.2 Å². The van der Waals surface area contributed by atoms with Crippen molar-refractivity contribution in [1.82, 2.24) is 0 Å². The summed E-state index contributed by atoms with van der Waals surface area (Å²) < 4.78 is 11.3. The van der Waals surface area contributed by atoms with Gasteiger partial charge >= 0.3 is 0 Å². The van der Waals surface area contributed by atoms with Crippen LogP contribution in [0.1, 0.15) is 59.8 Å². The summed E-state index contributed by atoms with van der Waals surface area (Å²) in [6, 6.07) is 5.27. The first-order valence-corrected chi connectivity index (χ1v) is 9.78. The number of hydrogen-bond acceptors (Lipinski definition) is 3. The van der Waals surface area contributed by atoms with Crippen LogP contribution >= 0.6 is 0 Å². The largest absolute Gasteiger partial charge is 0.504 e. The Bertz CT molecular complexity index is 609. The molecular weight excluding hydrogens is 312 g/mol. The van der Waals surface area contributed by atoms with Crippen LogP contribution in [0.5, 0.6) is 17.2 Å². The maximum Gasteiger partial charge on any atom is 0.161 e.